The predicted octanol–water partition coefficient (Wildman–Crippen LogP) is 6.73. The molecule has 5 nitrogen and oxygen atoms in total. The van der Waals surface area contributed by atoms with Gasteiger partial charge in [0, 0.05) is 32.7 Å². The molecule has 37 heavy (non-hydrogen) atoms. The summed E-state index contributed by atoms with van der Waals surface area (Å²) in [5, 5.41) is 6.84. The van der Waals surface area contributed by atoms with E-state index in [0.717, 1.165) is 46.1 Å². The van der Waals surface area contributed by atoms with Gasteiger partial charge in [-0.3, -0.25) is 14.2 Å². The zero-order valence-corrected chi connectivity index (χ0v) is 21.4. The first-order valence-corrected chi connectivity index (χ1v) is 12.6. The van der Waals surface area contributed by atoms with Gasteiger partial charge in [-0.05, 0) is 90.4 Å². The molecule has 5 aromatic rings. The average Bonchev–Trinajstić information content (AvgIpc) is 3.45. The highest BCUT2D eigenvalue weighted by atomic mass is 35.5. The van der Waals surface area contributed by atoms with Gasteiger partial charge in [-0.2, -0.15) is 0 Å². The monoisotopic (exact) mass is 508 g/mol. The van der Waals surface area contributed by atoms with E-state index in [9.17, 15) is 9.59 Å². The van der Waals surface area contributed by atoms with Gasteiger partial charge in [-0.25, -0.2) is 0 Å². The minimum absolute atomic E-state index is 0.124. The number of rotatable bonds is 5. The van der Waals surface area contributed by atoms with Gasteiger partial charge in [0.05, 0.1) is 19.0 Å². The molecule has 0 bridgehead atoms. The molecule has 0 fully saturated rings. The molecule has 0 atom stereocenters. The minimum Gasteiger partial charge on any atom is -0.497 e. The van der Waals surface area contributed by atoms with E-state index in [2.05, 4.69) is 29.6 Å². The number of anilines is 1. The lowest BCUT2D eigenvalue weighted by atomic mass is 10.0. The molecular weight excluding hydrogens is 484 g/mol. The molecule has 0 saturated carbocycles. The molecule has 6 rings (SSSR count). The Balaban J connectivity index is 1.39. The number of benzene rings is 4. The van der Waals surface area contributed by atoms with Crippen LogP contribution in [-0.4, -0.2) is 23.5 Å². The molecule has 1 amide bonds. The molecule has 0 saturated heterocycles. The summed E-state index contributed by atoms with van der Waals surface area (Å²) in [4.78, 5) is 26.9. The number of aryl methyl sites for hydroxylation is 2. The SMILES string of the molecule is COc1ccc2c(c1)c(CC(=O)Nc1ccc3c4c(cccc14)CC3)c(C)n2C(=O)c1ccc(Cl)cc1. The molecule has 1 aliphatic rings. The first kappa shape index (κ1) is 23.3. The summed E-state index contributed by atoms with van der Waals surface area (Å²) in [5.41, 5.74) is 6.23. The Bertz CT molecular complexity index is 1710. The van der Waals surface area contributed by atoms with Crippen LogP contribution in [0, 0.1) is 6.92 Å². The number of nitrogens with one attached hydrogen (secondary N) is 1. The number of nitrogens with zero attached hydrogens (tertiary/aromatic N) is 1. The van der Waals surface area contributed by atoms with Gasteiger partial charge < -0.3 is 10.1 Å². The van der Waals surface area contributed by atoms with Crippen molar-refractivity contribution in [3.63, 3.8) is 0 Å². The van der Waals surface area contributed by atoms with Crippen LogP contribution in [0.2, 0.25) is 5.02 Å². The molecule has 0 aliphatic heterocycles. The van der Waals surface area contributed by atoms with E-state index in [1.54, 1.807) is 35.9 Å². The fraction of sp³-hybridized carbons (Fsp3) is 0.161. The van der Waals surface area contributed by atoms with Crippen molar-refractivity contribution in [2.75, 3.05) is 12.4 Å². The van der Waals surface area contributed by atoms with Crippen molar-refractivity contribution in [2.24, 2.45) is 0 Å². The second kappa shape index (κ2) is 9.09. The van der Waals surface area contributed by atoms with Crippen LogP contribution in [0.25, 0.3) is 21.7 Å². The first-order valence-electron chi connectivity index (χ1n) is 12.3. The van der Waals surface area contributed by atoms with Gasteiger partial charge >= 0.3 is 0 Å². The molecule has 6 heteroatoms. The number of amides is 1. The molecule has 0 radical (unpaired) electrons. The van der Waals surface area contributed by atoms with E-state index < -0.39 is 0 Å². The third-order valence-electron chi connectivity index (χ3n) is 7.32. The van der Waals surface area contributed by atoms with Gasteiger partial charge in [0.25, 0.3) is 5.91 Å². The summed E-state index contributed by atoms with van der Waals surface area (Å²) in [6.45, 7) is 1.88. The normalized spacial score (nSPS) is 12.3. The van der Waals surface area contributed by atoms with Gasteiger partial charge in [0.15, 0.2) is 0 Å². The van der Waals surface area contributed by atoms with Crippen LogP contribution in [0.5, 0.6) is 5.75 Å². The Hall–Kier alpha value is -4.09. The smallest absolute Gasteiger partial charge is 0.262 e. The third kappa shape index (κ3) is 3.96. The number of methoxy groups -OCH3 is 1. The number of ether oxygens (including phenoxy) is 1. The summed E-state index contributed by atoms with van der Waals surface area (Å²) in [6, 6.07) is 22.8. The Kier molecular flexibility index (Phi) is 5.73. The number of carbonyl (C=O) groups excluding carboxylic acids is 2. The number of fused-ring (bicyclic) bond motifs is 1. The van der Waals surface area contributed by atoms with Crippen molar-refractivity contribution in [2.45, 2.75) is 26.2 Å². The summed E-state index contributed by atoms with van der Waals surface area (Å²) >= 11 is 6.03. The van der Waals surface area contributed by atoms with E-state index in [1.165, 1.54) is 16.5 Å². The number of halogens is 1. The highest BCUT2D eigenvalue weighted by Crippen LogP contribution is 2.36. The zero-order chi connectivity index (χ0) is 25.7. The van der Waals surface area contributed by atoms with Crippen molar-refractivity contribution in [1.29, 1.82) is 0 Å². The second-order valence-corrected chi connectivity index (χ2v) is 9.87. The lowest BCUT2D eigenvalue weighted by Crippen LogP contribution is -2.17. The van der Waals surface area contributed by atoms with E-state index in [-0.39, 0.29) is 18.2 Å². The van der Waals surface area contributed by atoms with E-state index in [4.69, 9.17) is 16.3 Å². The van der Waals surface area contributed by atoms with Crippen molar-refractivity contribution >= 4 is 50.8 Å². The van der Waals surface area contributed by atoms with Gasteiger partial charge in [0.1, 0.15) is 5.75 Å². The highest BCUT2D eigenvalue weighted by molar-refractivity contribution is 6.30. The van der Waals surface area contributed by atoms with Gasteiger partial charge in [0.2, 0.25) is 5.91 Å². The lowest BCUT2D eigenvalue weighted by Gasteiger charge is -2.11. The van der Waals surface area contributed by atoms with Gasteiger partial charge in [-0.15, -0.1) is 0 Å². The predicted molar refractivity (Wildman–Crippen MR) is 148 cm³/mol. The summed E-state index contributed by atoms with van der Waals surface area (Å²) in [5.74, 6) is 0.351. The molecule has 0 unspecified atom stereocenters. The third-order valence-corrected chi connectivity index (χ3v) is 7.58. The van der Waals surface area contributed by atoms with Crippen LogP contribution in [0.4, 0.5) is 5.69 Å². The zero-order valence-electron chi connectivity index (χ0n) is 20.6. The molecule has 4 aromatic carbocycles. The van der Waals surface area contributed by atoms with E-state index in [1.807, 2.05) is 31.2 Å². The van der Waals surface area contributed by atoms with E-state index >= 15 is 0 Å². The van der Waals surface area contributed by atoms with E-state index in [0.29, 0.717) is 16.3 Å². The minimum atomic E-state index is -0.177. The standard InChI is InChI=1S/C31H25ClN2O3/c1-18-25(17-29(35)33-27-14-10-20-7-6-19-4-3-5-24(27)30(19)20)26-16-23(37-2)13-15-28(26)34(18)31(36)21-8-11-22(32)12-9-21/h3-5,8-16H,6-7,17H2,1-2H3,(H,33,35). The fourth-order valence-corrected chi connectivity index (χ4v) is 5.63. The first-order chi connectivity index (χ1) is 17.9. The van der Waals surface area contributed by atoms with Crippen LogP contribution in [0.15, 0.2) is 72.8 Å². The summed E-state index contributed by atoms with van der Waals surface area (Å²) < 4.78 is 7.12. The molecule has 184 valence electrons. The van der Waals surface area contributed by atoms with Crippen molar-refractivity contribution in [3.05, 3.63) is 106 Å². The number of hydrogen-bond acceptors (Lipinski definition) is 3. The van der Waals surface area contributed by atoms with Crippen molar-refractivity contribution in [1.82, 2.24) is 4.57 Å². The Morgan fingerprint density at radius 2 is 1.70 bits per heavy atom. The number of aromatic nitrogens is 1. The Morgan fingerprint density at radius 1 is 0.946 bits per heavy atom. The molecule has 1 aromatic heterocycles. The average molecular weight is 509 g/mol. The van der Waals surface area contributed by atoms with Crippen LogP contribution in [0.1, 0.15) is 32.7 Å². The maximum absolute atomic E-state index is 13.5. The quantitative estimate of drug-likeness (QED) is 0.286. The van der Waals surface area contributed by atoms with Crippen molar-refractivity contribution in [3.8, 4) is 5.75 Å². The van der Waals surface area contributed by atoms with Crippen LogP contribution < -0.4 is 10.1 Å². The molecular formula is C31H25ClN2O3. The number of carbonyl (C=O) groups is 2. The largest absolute Gasteiger partial charge is 0.497 e. The van der Waals surface area contributed by atoms with Crippen LogP contribution in [0.3, 0.4) is 0 Å². The molecule has 1 aliphatic carbocycles. The maximum atomic E-state index is 13.5. The maximum Gasteiger partial charge on any atom is 0.262 e. The Labute approximate surface area is 219 Å². The topological polar surface area (TPSA) is 60.3 Å². The highest BCUT2D eigenvalue weighted by Gasteiger charge is 2.23. The Morgan fingerprint density at radius 3 is 2.46 bits per heavy atom. The summed E-state index contributed by atoms with van der Waals surface area (Å²) in [6.07, 6.45) is 2.19. The molecule has 0 spiro atoms. The van der Waals surface area contributed by atoms with Crippen LogP contribution >= 0.6 is 11.6 Å². The fourth-order valence-electron chi connectivity index (χ4n) is 5.51. The van der Waals surface area contributed by atoms with Gasteiger partial charge in [-0.1, -0.05) is 35.9 Å². The lowest BCUT2D eigenvalue weighted by molar-refractivity contribution is -0.115. The molecule has 1 N–H and O–H groups in total. The number of hydrogen-bond donors (Lipinski definition) is 1. The second-order valence-electron chi connectivity index (χ2n) is 9.43. The van der Waals surface area contributed by atoms with Crippen LogP contribution in [-0.2, 0) is 24.1 Å². The summed E-state index contributed by atoms with van der Waals surface area (Å²) in [7, 11) is 1.60. The molecule has 1 heterocycles. The van der Waals surface area contributed by atoms with Crippen molar-refractivity contribution < 1.29 is 14.3 Å².